The van der Waals surface area contributed by atoms with E-state index >= 15 is 0 Å². The predicted molar refractivity (Wildman–Crippen MR) is 140 cm³/mol. The van der Waals surface area contributed by atoms with E-state index in [2.05, 4.69) is 29.2 Å². The molecule has 3 aliphatic heterocycles. The Balaban J connectivity index is 1.58. The van der Waals surface area contributed by atoms with Crippen LogP contribution in [0, 0.1) is 0 Å². The molecule has 0 saturated carbocycles. The lowest BCUT2D eigenvalue weighted by molar-refractivity contribution is 0.369. The van der Waals surface area contributed by atoms with E-state index in [1.807, 2.05) is 36.4 Å². The smallest absolute Gasteiger partial charge is 0.179 e. The van der Waals surface area contributed by atoms with Gasteiger partial charge in [0.2, 0.25) is 0 Å². The van der Waals surface area contributed by atoms with Crippen LogP contribution in [0.1, 0.15) is 0 Å². The summed E-state index contributed by atoms with van der Waals surface area (Å²) in [5.74, 6) is 5.69. The Morgan fingerprint density at radius 3 is 1.58 bits per heavy atom. The Morgan fingerprint density at radius 2 is 1.11 bits per heavy atom. The van der Waals surface area contributed by atoms with Gasteiger partial charge in [0.05, 0.1) is 55.7 Å². The van der Waals surface area contributed by atoms with Gasteiger partial charge in [-0.1, -0.05) is 0 Å². The molecule has 7 rings (SSSR count). The second-order valence-corrected chi connectivity index (χ2v) is 10.5. The average molecular weight is 499 g/mol. The summed E-state index contributed by atoms with van der Waals surface area (Å²) in [4.78, 5) is 2.24. The highest BCUT2D eigenvalue weighted by Gasteiger charge is 2.47. The highest BCUT2D eigenvalue weighted by atomic mass is 31.1. The third kappa shape index (κ3) is 2.72. The molecule has 0 aromatic heterocycles. The Labute approximate surface area is 209 Å². The van der Waals surface area contributed by atoms with Crippen LogP contribution in [0.4, 0.5) is 17.1 Å². The van der Waals surface area contributed by atoms with Gasteiger partial charge in [-0.05, 0) is 48.5 Å². The van der Waals surface area contributed by atoms with Crippen molar-refractivity contribution in [1.82, 2.24) is 0 Å². The third-order valence-electron chi connectivity index (χ3n) is 6.74. The van der Waals surface area contributed by atoms with Gasteiger partial charge in [-0.25, -0.2) is 0 Å². The Hall–Kier alpha value is -4.09. The van der Waals surface area contributed by atoms with Crippen molar-refractivity contribution in [2.75, 3.05) is 33.3 Å². The standard InChI is InChI=1S/C28H22NO6P/c1-30-16-7-5-15(6-8-16)29-18-9-11-20(32-3)24-26(18)36-27-19(29)10-12-21(33-4)25(27)35-23-14-17(31-2)13-22(34-24)28(23)36/h5-14H,1-4H3. The second-order valence-electron chi connectivity index (χ2n) is 8.47. The molecule has 0 aliphatic carbocycles. The predicted octanol–water partition coefficient (Wildman–Crippen LogP) is 5.47. The van der Waals surface area contributed by atoms with Gasteiger partial charge in [-0.3, -0.25) is 0 Å². The number of nitrogens with zero attached hydrogens (tertiary/aromatic N) is 1. The Kier molecular flexibility index (Phi) is 4.54. The molecule has 0 bridgehead atoms. The van der Waals surface area contributed by atoms with E-state index in [1.54, 1.807) is 28.4 Å². The summed E-state index contributed by atoms with van der Waals surface area (Å²) in [5.41, 5.74) is 3.08. The molecule has 0 fully saturated rings. The zero-order chi connectivity index (χ0) is 24.6. The lowest BCUT2D eigenvalue weighted by atomic mass is 10.1. The Morgan fingerprint density at radius 1 is 0.583 bits per heavy atom. The maximum Gasteiger partial charge on any atom is 0.179 e. The molecule has 3 aliphatic rings. The van der Waals surface area contributed by atoms with Crippen LogP contribution in [0.25, 0.3) is 0 Å². The molecule has 8 heteroatoms. The highest BCUT2D eigenvalue weighted by Crippen LogP contribution is 2.63. The van der Waals surface area contributed by atoms with E-state index in [4.69, 9.17) is 28.4 Å². The van der Waals surface area contributed by atoms with Crippen molar-refractivity contribution in [3.05, 3.63) is 60.7 Å². The third-order valence-corrected chi connectivity index (χ3v) is 9.39. The summed E-state index contributed by atoms with van der Waals surface area (Å²) in [6.45, 7) is 0. The first-order valence-corrected chi connectivity index (χ1v) is 12.7. The van der Waals surface area contributed by atoms with Crippen LogP contribution in [0.3, 0.4) is 0 Å². The molecule has 0 spiro atoms. The van der Waals surface area contributed by atoms with Crippen molar-refractivity contribution < 1.29 is 28.4 Å². The fourth-order valence-electron chi connectivity index (χ4n) is 5.14. The fourth-order valence-corrected chi connectivity index (χ4v) is 8.00. The molecule has 0 unspecified atom stereocenters. The minimum atomic E-state index is -1.02. The van der Waals surface area contributed by atoms with E-state index in [1.165, 1.54) is 0 Å². The molecule has 180 valence electrons. The van der Waals surface area contributed by atoms with Gasteiger partial charge < -0.3 is 33.3 Å². The number of anilines is 3. The van der Waals surface area contributed by atoms with Gasteiger partial charge in [-0.2, -0.15) is 0 Å². The van der Waals surface area contributed by atoms with Gasteiger partial charge in [0.15, 0.2) is 23.0 Å². The largest absolute Gasteiger partial charge is 0.497 e. The van der Waals surface area contributed by atoms with E-state index < -0.39 is 7.92 Å². The van der Waals surface area contributed by atoms with Crippen LogP contribution in [-0.4, -0.2) is 28.4 Å². The fraction of sp³-hybridized carbons (Fsp3) is 0.143. The summed E-state index contributed by atoms with van der Waals surface area (Å²) in [6.07, 6.45) is 0. The molecule has 4 aromatic rings. The molecule has 3 heterocycles. The first kappa shape index (κ1) is 21.2. The van der Waals surface area contributed by atoms with Gasteiger partial charge in [0.25, 0.3) is 0 Å². The monoisotopic (exact) mass is 499 g/mol. The first-order valence-electron chi connectivity index (χ1n) is 11.4. The number of methoxy groups -OCH3 is 4. The molecule has 0 radical (unpaired) electrons. The summed E-state index contributed by atoms with van der Waals surface area (Å²) < 4.78 is 35.6. The van der Waals surface area contributed by atoms with Gasteiger partial charge in [0, 0.05) is 25.7 Å². The van der Waals surface area contributed by atoms with Crippen LogP contribution in [0.2, 0.25) is 0 Å². The number of hydrogen-bond donors (Lipinski definition) is 0. The SMILES string of the molecule is COc1ccc(N2c3ccc(OC)c4c3P3c5c(cc(OC)cc5Oc5c(OC)ccc2c53)O4)cc1. The molecular formula is C28H22NO6P. The molecule has 0 amide bonds. The van der Waals surface area contributed by atoms with Crippen LogP contribution in [-0.2, 0) is 0 Å². The van der Waals surface area contributed by atoms with Crippen molar-refractivity contribution in [1.29, 1.82) is 0 Å². The molecule has 36 heavy (non-hydrogen) atoms. The zero-order valence-electron chi connectivity index (χ0n) is 20.1. The maximum atomic E-state index is 6.54. The van der Waals surface area contributed by atoms with Gasteiger partial charge in [-0.15, -0.1) is 0 Å². The van der Waals surface area contributed by atoms with Gasteiger partial charge >= 0.3 is 0 Å². The van der Waals surface area contributed by atoms with Crippen molar-refractivity contribution in [2.24, 2.45) is 0 Å². The van der Waals surface area contributed by atoms with Crippen LogP contribution in [0.15, 0.2) is 60.7 Å². The second kappa shape index (κ2) is 7.70. The number of rotatable bonds is 5. The topological polar surface area (TPSA) is 58.6 Å². The van der Waals surface area contributed by atoms with Crippen LogP contribution < -0.4 is 49.2 Å². The minimum absolute atomic E-state index is 0.660. The quantitative estimate of drug-likeness (QED) is 0.291. The molecule has 4 aromatic carbocycles. The van der Waals surface area contributed by atoms with Gasteiger partial charge in [0.1, 0.15) is 23.0 Å². The number of hydrogen-bond acceptors (Lipinski definition) is 7. The molecule has 7 nitrogen and oxygen atoms in total. The lowest BCUT2D eigenvalue weighted by Crippen LogP contribution is -2.40. The average Bonchev–Trinajstić information content (AvgIpc) is 2.93. The van der Waals surface area contributed by atoms with E-state index in [0.717, 1.165) is 50.2 Å². The summed E-state index contributed by atoms with van der Waals surface area (Å²) in [6, 6.07) is 20.0. The molecular weight excluding hydrogens is 477 g/mol. The Bertz CT molecular complexity index is 1460. The molecule has 0 N–H and O–H groups in total. The van der Waals surface area contributed by atoms with Crippen molar-refractivity contribution in [3.8, 4) is 46.0 Å². The van der Waals surface area contributed by atoms with E-state index in [0.29, 0.717) is 28.7 Å². The summed E-state index contributed by atoms with van der Waals surface area (Å²) >= 11 is 0. The highest BCUT2D eigenvalue weighted by molar-refractivity contribution is 7.81. The number of ether oxygens (including phenoxy) is 6. The van der Waals surface area contributed by atoms with Crippen molar-refractivity contribution >= 4 is 40.9 Å². The zero-order valence-corrected chi connectivity index (χ0v) is 21.0. The first-order chi connectivity index (χ1) is 17.7. The van der Waals surface area contributed by atoms with E-state index in [9.17, 15) is 0 Å². The normalized spacial score (nSPS) is 13.8. The van der Waals surface area contributed by atoms with Crippen LogP contribution >= 0.6 is 7.92 Å². The van der Waals surface area contributed by atoms with Crippen molar-refractivity contribution in [3.63, 3.8) is 0 Å². The maximum absolute atomic E-state index is 6.54. The number of benzene rings is 4. The molecule has 0 saturated heterocycles. The molecule has 0 atom stereocenters. The summed E-state index contributed by atoms with van der Waals surface area (Å²) in [5, 5.41) is 3.21. The lowest BCUT2D eigenvalue weighted by Gasteiger charge is -2.44. The van der Waals surface area contributed by atoms with E-state index in [-0.39, 0.29) is 0 Å². The summed E-state index contributed by atoms with van der Waals surface area (Å²) in [7, 11) is 5.61. The van der Waals surface area contributed by atoms with Crippen LogP contribution in [0.5, 0.6) is 46.0 Å². The van der Waals surface area contributed by atoms with Crippen molar-refractivity contribution in [2.45, 2.75) is 0 Å². The minimum Gasteiger partial charge on any atom is -0.497 e.